The summed E-state index contributed by atoms with van der Waals surface area (Å²) in [5, 5.41) is 4.69. The lowest BCUT2D eigenvalue weighted by atomic mass is 9.76. The van der Waals surface area contributed by atoms with Crippen LogP contribution < -0.4 is 11.1 Å². The zero-order valence-corrected chi connectivity index (χ0v) is 12.2. The Labute approximate surface area is 112 Å². The van der Waals surface area contributed by atoms with E-state index in [0.29, 0.717) is 11.2 Å². The molecule has 1 aromatic heterocycles. The Morgan fingerprint density at radius 3 is 2.76 bits per heavy atom. The molecule has 1 fully saturated rings. The van der Waals surface area contributed by atoms with Gasteiger partial charge in [0.15, 0.2) is 5.82 Å². The fraction of sp³-hybridized carbons (Fsp3) is 0.750. The maximum absolute atomic E-state index is 5.83. The van der Waals surface area contributed by atoms with E-state index in [1.165, 1.54) is 43.6 Å². The second-order valence-electron chi connectivity index (χ2n) is 5.16. The minimum Gasteiger partial charge on any atom is -0.382 e. The third-order valence-electron chi connectivity index (χ3n) is 3.61. The van der Waals surface area contributed by atoms with Crippen molar-refractivity contribution in [1.82, 2.24) is 4.37 Å². The van der Waals surface area contributed by atoms with E-state index >= 15 is 0 Å². The first kappa shape index (κ1) is 13.0. The maximum Gasteiger partial charge on any atom is 0.153 e. The summed E-state index contributed by atoms with van der Waals surface area (Å²) in [7, 11) is 0. The summed E-state index contributed by atoms with van der Waals surface area (Å²) in [6.45, 7) is 3.44. The number of rotatable bonds is 4. The van der Waals surface area contributed by atoms with E-state index in [1.807, 2.05) is 6.26 Å². The van der Waals surface area contributed by atoms with Gasteiger partial charge >= 0.3 is 0 Å². The van der Waals surface area contributed by atoms with E-state index in [4.69, 9.17) is 5.73 Å². The van der Waals surface area contributed by atoms with Crippen LogP contribution in [0, 0.1) is 5.41 Å². The van der Waals surface area contributed by atoms with Gasteiger partial charge in [-0.1, -0.05) is 26.2 Å². The summed E-state index contributed by atoms with van der Waals surface area (Å²) >= 11 is 3.16. The molecule has 0 aromatic carbocycles. The third-order valence-corrected chi connectivity index (χ3v) is 5.38. The standard InChI is InChI=1S/C12H21N3S2/c1-12(6-4-3-5-7-12)8-14-11-9(16-2)10(13)15-17-11/h14H,3-8H2,1-2H3,(H2,13,15). The average molecular weight is 271 g/mol. The predicted molar refractivity (Wildman–Crippen MR) is 78.0 cm³/mol. The molecule has 1 heterocycles. The number of hydrogen-bond acceptors (Lipinski definition) is 5. The lowest BCUT2D eigenvalue weighted by molar-refractivity contribution is 0.233. The Kier molecular flexibility index (Phi) is 4.20. The molecule has 17 heavy (non-hydrogen) atoms. The molecule has 1 aliphatic carbocycles. The smallest absolute Gasteiger partial charge is 0.153 e. The second kappa shape index (κ2) is 5.48. The number of thioether (sulfide) groups is 1. The van der Waals surface area contributed by atoms with E-state index in [-0.39, 0.29) is 0 Å². The lowest BCUT2D eigenvalue weighted by Crippen LogP contribution is -2.28. The van der Waals surface area contributed by atoms with E-state index in [1.54, 1.807) is 11.8 Å². The van der Waals surface area contributed by atoms with Gasteiger partial charge in [0.05, 0.1) is 4.90 Å². The number of nitrogens with one attached hydrogen (secondary N) is 1. The molecule has 0 bridgehead atoms. The van der Waals surface area contributed by atoms with Crippen molar-refractivity contribution in [3.8, 4) is 0 Å². The van der Waals surface area contributed by atoms with Gasteiger partial charge in [-0.15, -0.1) is 11.8 Å². The summed E-state index contributed by atoms with van der Waals surface area (Å²) in [6, 6.07) is 0. The van der Waals surface area contributed by atoms with Crippen molar-refractivity contribution >= 4 is 34.1 Å². The Morgan fingerprint density at radius 1 is 1.41 bits per heavy atom. The minimum absolute atomic E-state index is 0.451. The van der Waals surface area contributed by atoms with E-state index in [0.717, 1.165) is 16.4 Å². The van der Waals surface area contributed by atoms with Crippen molar-refractivity contribution in [3.63, 3.8) is 0 Å². The van der Waals surface area contributed by atoms with Gasteiger partial charge in [-0.3, -0.25) is 0 Å². The van der Waals surface area contributed by atoms with Crippen LogP contribution in [0.25, 0.3) is 0 Å². The fourth-order valence-electron chi connectivity index (χ4n) is 2.48. The Bertz CT molecular complexity index is 370. The summed E-state index contributed by atoms with van der Waals surface area (Å²) < 4.78 is 4.21. The topological polar surface area (TPSA) is 50.9 Å². The van der Waals surface area contributed by atoms with Crippen LogP contribution in [0.3, 0.4) is 0 Å². The molecule has 1 aliphatic rings. The van der Waals surface area contributed by atoms with Gasteiger partial charge in [-0.05, 0) is 36.0 Å². The third kappa shape index (κ3) is 3.07. The molecule has 2 rings (SSSR count). The van der Waals surface area contributed by atoms with Gasteiger partial charge in [-0.25, -0.2) is 0 Å². The zero-order chi connectivity index (χ0) is 12.3. The van der Waals surface area contributed by atoms with E-state index in [9.17, 15) is 0 Å². The van der Waals surface area contributed by atoms with Crippen molar-refractivity contribution < 1.29 is 0 Å². The second-order valence-corrected chi connectivity index (χ2v) is 6.74. The fourth-order valence-corrected chi connectivity index (χ4v) is 4.02. The quantitative estimate of drug-likeness (QED) is 0.817. The number of aromatic nitrogens is 1. The van der Waals surface area contributed by atoms with Crippen LogP contribution in [0.4, 0.5) is 10.8 Å². The monoisotopic (exact) mass is 271 g/mol. The maximum atomic E-state index is 5.83. The van der Waals surface area contributed by atoms with Crippen molar-refractivity contribution in [3.05, 3.63) is 0 Å². The molecule has 1 saturated carbocycles. The number of nitrogen functional groups attached to an aromatic ring is 1. The highest BCUT2D eigenvalue weighted by atomic mass is 32.2. The SMILES string of the molecule is CSc1c(N)nsc1NCC1(C)CCCCC1. The largest absolute Gasteiger partial charge is 0.382 e. The zero-order valence-electron chi connectivity index (χ0n) is 10.6. The van der Waals surface area contributed by atoms with Gasteiger partial charge in [0.1, 0.15) is 5.00 Å². The van der Waals surface area contributed by atoms with Gasteiger partial charge in [-0.2, -0.15) is 4.37 Å². The highest BCUT2D eigenvalue weighted by molar-refractivity contribution is 7.99. The normalized spacial score (nSPS) is 19.2. The van der Waals surface area contributed by atoms with Crippen molar-refractivity contribution in [2.45, 2.75) is 43.9 Å². The number of nitrogens with zero attached hydrogens (tertiary/aromatic N) is 1. The molecule has 0 atom stereocenters. The molecule has 0 amide bonds. The summed E-state index contributed by atoms with van der Waals surface area (Å²) in [5.41, 5.74) is 6.28. The van der Waals surface area contributed by atoms with Crippen LogP contribution in [0.5, 0.6) is 0 Å². The lowest BCUT2D eigenvalue weighted by Gasteiger charge is -2.33. The molecule has 0 spiro atoms. The highest BCUT2D eigenvalue weighted by Crippen LogP contribution is 2.39. The molecule has 96 valence electrons. The summed E-state index contributed by atoms with van der Waals surface area (Å²) in [6.07, 6.45) is 8.87. The highest BCUT2D eigenvalue weighted by Gasteiger charge is 2.27. The van der Waals surface area contributed by atoms with Crippen LogP contribution in [0.2, 0.25) is 0 Å². The molecule has 3 nitrogen and oxygen atoms in total. The molecule has 0 radical (unpaired) electrons. The van der Waals surface area contributed by atoms with Crippen molar-refractivity contribution in [1.29, 1.82) is 0 Å². The van der Waals surface area contributed by atoms with Crippen LogP contribution >= 0.6 is 23.3 Å². The Hall–Kier alpha value is -0.420. The Balaban J connectivity index is 1.96. The predicted octanol–water partition coefficient (Wildman–Crippen LogP) is 3.83. The molecule has 5 heteroatoms. The van der Waals surface area contributed by atoms with Gasteiger partial charge in [0, 0.05) is 6.54 Å². The minimum atomic E-state index is 0.451. The molecular weight excluding hydrogens is 250 g/mol. The average Bonchev–Trinajstić information content (AvgIpc) is 2.68. The van der Waals surface area contributed by atoms with E-state index in [2.05, 4.69) is 16.6 Å². The molecular formula is C12H21N3S2. The summed E-state index contributed by atoms with van der Waals surface area (Å²) in [4.78, 5) is 1.11. The number of anilines is 2. The van der Waals surface area contributed by atoms with Crippen molar-refractivity contribution in [2.24, 2.45) is 5.41 Å². The number of hydrogen-bond donors (Lipinski definition) is 2. The van der Waals surface area contributed by atoms with Crippen LogP contribution in [-0.2, 0) is 0 Å². The van der Waals surface area contributed by atoms with Crippen LogP contribution in [0.1, 0.15) is 39.0 Å². The van der Waals surface area contributed by atoms with Crippen LogP contribution in [0.15, 0.2) is 4.90 Å². The van der Waals surface area contributed by atoms with Gasteiger partial charge in [0.25, 0.3) is 0 Å². The van der Waals surface area contributed by atoms with Crippen LogP contribution in [-0.4, -0.2) is 17.2 Å². The molecule has 1 aromatic rings. The van der Waals surface area contributed by atoms with Gasteiger partial charge < -0.3 is 11.1 Å². The molecule has 0 unspecified atom stereocenters. The molecule has 0 saturated heterocycles. The Morgan fingerprint density at radius 2 is 2.12 bits per heavy atom. The molecule has 0 aliphatic heterocycles. The first-order valence-corrected chi connectivity index (χ1v) is 8.17. The van der Waals surface area contributed by atoms with E-state index < -0.39 is 0 Å². The first-order chi connectivity index (χ1) is 8.14. The first-order valence-electron chi connectivity index (χ1n) is 6.18. The summed E-state index contributed by atoms with van der Waals surface area (Å²) in [5.74, 6) is 0.666. The van der Waals surface area contributed by atoms with Crippen molar-refractivity contribution in [2.75, 3.05) is 23.9 Å². The molecule has 3 N–H and O–H groups in total. The number of nitrogens with two attached hydrogens (primary N) is 1. The van der Waals surface area contributed by atoms with Gasteiger partial charge in [0.2, 0.25) is 0 Å².